The average molecular weight is 231 g/mol. The van der Waals surface area contributed by atoms with E-state index in [2.05, 4.69) is 12.6 Å². The maximum absolute atomic E-state index is 8.85. The molecule has 0 heterocycles. The molecule has 0 saturated carbocycles. The van der Waals surface area contributed by atoms with Crippen LogP contribution in [0.15, 0.2) is 36.9 Å². The van der Waals surface area contributed by atoms with Crippen LogP contribution in [-0.4, -0.2) is 19.8 Å². The zero-order valence-corrected chi connectivity index (χ0v) is 9.89. The Kier molecular flexibility index (Phi) is 6.54. The summed E-state index contributed by atoms with van der Waals surface area (Å²) >= 11 is 0. The highest BCUT2D eigenvalue weighted by Gasteiger charge is 2.00. The molecule has 0 saturated heterocycles. The monoisotopic (exact) mass is 231 g/mol. The smallest absolute Gasteiger partial charge is 0.137 e. The maximum atomic E-state index is 8.85. The molecule has 1 aromatic rings. The Bertz CT molecular complexity index is 382. The first-order valence-electron chi connectivity index (χ1n) is 5.69. The molecule has 0 radical (unpaired) electrons. The first-order chi connectivity index (χ1) is 8.38. The predicted molar refractivity (Wildman–Crippen MR) is 66.9 cm³/mol. The van der Waals surface area contributed by atoms with Crippen LogP contribution in [-0.2, 0) is 4.74 Å². The van der Waals surface area contributed by atoms with Gasteiger partial charge < -0.3 is 9.47 Å². The van der Waals surface area contributed by atoms with E-state index in [4.69, 9.17) is 14.7 Å². The van der Waals surface area contributed by atoms with Gasteiger partial charge in [0.1, 0.15) is 11.8 Å². The summed E-state index contributed by atoms with van der Waals surface area (Å²) in [5.74, 6) is 0.640. The third-order valence-electron chi connectivity index (χ3n) is 2.16. The Balaban J connectivity index is 2.18. The van der Waals surface area contributed by atoms with E-state index in [1.165, 1.54) is 0 Å². The van der Waals surface area contributed by atoms with Crippen molar-refractivity contribution in [3.05, 3.63) is 42.5 Å². The van der Waals surface area contributed by atoms with Gasteiger partial charge >= 0.3 is 0 Å². The van der Waals surface area contributed by atoms with Crippen LogP contribution in [0.5, 0.6) is 5.75 Å². The predicted octanol–water partition coefficient (Wildman–Crippen LogP) is 2.92. The van der Waals surface area contributed by atoms with Crippen molar-refractivity contribution in [2.45, 2.75) is 12.8 Å². The summed E-state index contributed by atoms with van der Waals surface area (Å²) in [6.07, 6.45) is 3.52. The zero-order chi connectivity index (χ0) is 12.3. The maximum Gasteiger partial charge on any atom is 0.137 e. The van der Waals surface area contributed by atoms with E-state index in [1.54, 1.807) is 12.1 Å². The second-order valence-electron chi connectivity index (χ2n) is 3.50. The Morgan fingerprint density at radius 3 is 2.82 bits per heavy atom. The Labute approximate surface area is 102 Å². The minimum absolute atomic E-state index is 0.562. The van der Waals surface area contributed by atoms with Crippen LogP contribution in [0.3, 0.4) is 0 Å². The largest absolute Gasteiger partial charge is 0.492 e. The molecular formula is C14H17NO2. The van der Waals surface area contributed by atoms with E-state index in [-0.39, 0.29) is 0 Å². The molecule has 0 atom stereocenters. The number of nitriles is 1. The number of benzene rings is 1. The number of nitrogens with zero attached hydrogens (tertiary/aromatic N) is 1. The molecule has 0 aliphatic carbocycles. The highest BCUT2D eigenvalue weighted by atomic mass is 16.5. The second kappa shape index (κ2) is 8.37. The van der Waals surface area contributed by atoms with Gasteiger partial charge in [-0.3, -0.25) is 0 Å². The van der Waals surface area contributed by atoms with Crippen molar-refractivity contribution in [2.75, 3.05) is 19.8 Å². The van der Waals surface area contributed by atoms with E-state index >= 15 is 0 Å². The second-order valence-corrected chi connectivity index (χ2v) is 3.50. The molecule has 0 aliphatic heterocycles. The van der Waals surface area contributed by atoms with Crippen molar-refractivity contribution in [3.8, 4) is 11.8 Å². The van der Waals surface area contributed by atoms with Crippen LogP contribution in [0.4, 0.5) is 0 Å². The standard InChI is InChI=1S/C14H17NO2/c1-2-3-9-16-10-6-11-17-14-8-5-4-7-13(14)12-15/h2,4-5,7-8H,1,3,6,9-11H2. The normalized spacial score (nSPS) is 9.59. The molecule has 3 nitrogen and oxygen atoms in total. The molecule has 0 amide bonds. The molecule has 90 valence electrons. The van der Waals surface area contributed by atoms with Gasteiger partial charge in [0, 0.05) is 19.6 Å². The molecule has 17 heavy (non-hydrogen) atoms. The Hall–Kier alpha value is -1.79. The van der Waals surface area contributed by atoms with Crippen molar-refractivity contribution >= 4 is 0 Å². The van der Waals surface area contributed by atoms with Gasteiger partial charge in [0.25, 0.3) is 0 Å². The third-order valence-corrected chi connectivity index (χ3v) is 2.16. The van der Waals surface area contributed by atoms with Gasteiger partial charge in [0.2, 0.25) is 0 Å². The number of para-hydroxylation sites is 1. The molecule has 1 aromatic carbocycles. The van der Waals surface area contributed by atoms with E-state index in [9.17, 15) is 0 Å². The summed E-state index contributed by atoms with van der Waals surface area (Å²) in [4.78, 5) is 0. The molecule has 0 aliphatic rings. The van der Waals surface area contributed by atoms with Crippen molar-refractivity contribution in [3.63, 3.8) is 0 Å². The zero-order valence-electron chi connectivity index (χ0n) is 9.89. The van der Waals surface area contributed by atoms with Gasteiger partial charge in [-0.25, -0.2) is 0 Å². The first-order valence-corrected chi connectivity index (χ1v) is 5.69. The van der Waals surface area contributed by atoms with Crippen LogP contribution in [0, 0.1) is 11.3 Å². The number of hydrogen-bond acceptors (Lipinski definition) is 3. The lowest BCUT2D eigenvalue weighted by Gasteiger charge is -2.07. The average Bonchev–Trinajstić information content (AvgIpc) is 2.38. The van der Waals surface area contributed by atoms with Gasteiger partial charge in [-0.15, -0.1) is 6.58 Å². The summed E-state index contributed by atoms with van der Waals surface area (Å²) in [6.45, 7) is 5.56. The lowest BCUT2D eigenvalue weighted by atomic mass is 10.2. The SMILES string of the molecule is C=CCCOCCCOc1ccccc1C#N. The van der Waals surface area contributed by atoms with Gasteiger partial charge in [0.05, 0.1) is 12.2 Å². The van der Waals surface area contributed by atoms with Crippen LogP contribution in [0.1, 0.15) is 18.4 Å². The third kappa shape index (κ3) is 5.19. The van der Waals surface area contributed by atoms with E-state index in [0.29, 0.717) is 31.1 Å². The van der Waals surface area contributed by atoms with Gasteiger partial charge in [-0.2, -0.15) is 5.26 Å². The van der Waals surface area contributed by atoms with Gasteiger partial charge in [0.15, 0.2) is 0 Å². The minimum Gasteiger partial charge on any atom is -0.492 e. The van der Waals surface area contributed by atoms with Crippen LogP contribution >= 0.6 is 0 Å². The Morgan fingerprint density at radius 1 is 1.24 bits per heavy atom. The minimum atomic E-state index is 0.562. The van der Waals surface area contributed by atoms with Crippen molar-refractivity contribution < 1.29 is 9.47 Å². The Morgan fingerprint density at radius 2 is 2.06 bits per heavy atom. The number of ether oxygens (including phenoxy) is 2. The molecule has 0 spiro atoms. The lowest BCUT2D eigenvalue weighted by Crippen LogP contribution is -2.04. The van der Waals surface area contributed by atoms with Crippen molar-refractivity contribution in [2.24, 2.45) is 0 Å². The fourth-order valence-electron chi connectivity index (χ4n) is 1.30. The highest BCUT2D eigenvalue weighted by molar-refractivity contribution is 5.42. The molecule has 0 fully saturated rings. The van der Waals surface area contributed by atoms with Crippen LogP contribution in [0.25, 0.3) is 0 Å². The van der Waals surface area contributed by atoms with E-state index < -0.39 is 0 Å². The number of rotatable bonds is 8. The molecule has 0 N–H and O–H groups in total. The molecule has 0 unspecified atom stereocenters. The summed E-state index contributed by atoms with van der Waals surface area (Å²) in [6, 6.07) is 9.33. The van der Waals surface area contributed by atoms with Crippen molar-refractivity contribution in [1.82, 2.24) is 0 Å². The van der Waals surface area contributed by atoms with Crippen molar-refractivity contribution in [1.29, 1.82) is 5.26 Å². The quantitative estimate of drug-likeness (QED) is 0.510. The van der Waals surface area contributed by atoms with E-state index in [0.717, 1.165) is 12.8 Å². The summed E-state index contributed by atoms with van der Waals surface area (Å²) < 4.78 is 10.9. The highest BCUT2D eigenvalue weighted by Crippen LogP contribution is 2.16. The van der Waals surface area contributed by atoms with Gasteiger partial charge in [-0.1, -0.05) is 18.2 Å². The fourth-order valence-corrected chi connectivity index (χ4v) is 1.30. The van der Waals surface area contributed by atoms with E-state index in [1.807, 2.05) is 18.2 Å². The number of hydrogen-bond donors (Lipinski definition) is 0. The fraction of sp³-hybridized carbons (Fsp3) is 0.357. The topological polar surface area (TPSA) is 42.2 Å². The summed E-state index contributed by atoms with van der Waals surface area (Å²) in [5.41, 5.74) is 0.570. The molecule has 0 aromatic heterocycles. The molecular weight excluding hydrogens is 214 g/mol. The van der Waals surface area contributed by atoms with Gasteiger partial charge in [-0.05, 0) is 18.6 Å². The first kappa shape index (κ1) is 13.3. The molecule has 1 rings (SSSR count). The van der Waals surface area contributed by atoms with Crippen LogP contribution < -0.4 is 4.74 Å². The lowest BCUT2D eigenvalue weighted by molar-refractivity contribution is 0.123. The summed E-state index contributed by atoms with van der Waals surface area (Å²) in [7, 11) is 0. The van der Waals surface area contributed by atoms with Crippen LogP contribution in [0.2, 0.25) is 0 Å². The molecule has 3 heteroatoms. The summed E-state index contributed by atoms with van der Waals surface area (Å²) in [5, 5.41) is 8.85. The molecule has 0 bridgehead atoms.